The second kappa shape index (κ2) is 9.38. The number of hydrogen-bond acceptors (Lipinski definition) is 4. The Kier molecular flexibility index (Phi) is 7.13. The number of hydrogen-bond donors (Lipinski definition) is 1. The van der Waals surface area contributed by atoms with Crippen LogP contribution in [0.1, 0.15) is 18.1 Å². The van der Waals surface area contributed by atoms with Crippen LogP contribution in [0.5, 0.6) is 11.5 Å². The maximum Gasteiger partial charge on any atom is 0.119 e. The highest BCUT2D eigenvalue weighted by atomic mass is 32.2. The molecule has 0 aliphatic rings. The lowest BCUT2D eigenvalue weighted by Gasteiger charge is -2.11. The Bertz CT molecular complexity index is 528. The predicted octanol–water partition coefficient (Wildman–Crippen LogP) is 3.93. The standard InChI is InChI=1S/C18H22O3S/c1-20-16-8-10-17(11-9-16)21-12-5-13-22-14-18(19)15-6-3-2-4-7-15/h2-4,6-11,18-19H,5,12-14H2,1H3. The van der Waals surface area contributed by atoms with Gasteiger partial charge in [-0.15, -0.1) is 0 Å². The summed E-state index contributed by atoms with van der Waals surface area (Å²) in [6.07, 6.45) is 0.562. The lowest BCUT2D eigenvalue weighted by molar-refractivity contribution is 0.204. The van der Waals surface area contributed by atoms with Crippen LogP contribution >= 0.6 is 11.8 Å². The summed E-state index contributed by atoms with van der Waals surface area (Å²) >= 11 is 1.75. The summed E-state index contributed by atoms with van der Waals surface area (Å²) in [5, 5.41) is 10.0. The Morgan fingerprint density at radius 3 is 2.36 bits per heavy atom. The molecule has 1 unspecified atom stereocenters. The van der Waals surface area contributed by atoms with E-state index < -0.39 is 6.10 Å². The van der Waals surface area contributed by atoms with Gasteiger partial charge in [-0.1, -0.05) is 30.3 Å². The molecule has 0 radical (unpaired) electrons. The molecule has 0 fully saturated rings. The van der Waals surface area contributed by atoms with Crippen LogP contribution in [0, 0.1) is 0 Å². The Labute approximate surface area is 136 Å². The molecule has 0 aromatic heterocycles. The minimum Gasteiger partial charge on any atom is -0.497 e. The molecule has 22 heavy (non-hydrogen) atoms. The summed E-state index contributed by atoms with van der Waals surface area (Å²) in [6.45, 7) is 0.681. The largest absolute Gasteiger partial charge is 0.497 e. The van der Waals surface area contributed by atoms with Gasteiger partial charge in [0.05, 0.1) is 19.8 Å². The van der Waals surface area contributed by atoms with Crippen molar-refractivity contribution in [1.29, 1.82) is 0 Å². The fourth-order valence-electron chi connectivity index (χ4n) is 1.99. The van der Waals surface area contributed by atoms with Crippen molar-refractivity contribution in [3.63, 3.8) is 0 Å². The van der Waals surface area contributed by atoms with Crippen molar-refractivity contribution in [1.82, 2.24) is 0 Å². The zero-order chi connectivity index (χ0) is 15.6. The van der Waals surface area contributed by atoms with E-state index in [9.17, 15) is 5.11 Å². The number of aliphatic hydroxyl groups is 1. The highest BCUT2D eigenvalue weighted by Gasteiger charge is 2.06. The van der Waals surface area contributed by atoms with Crippen molar-refractivity contribution in [2.24, 2.45) is 0 Å². The van der Waals surface area contributed by atoms with E-state index in [0.29, 0.717) is 12.4 Å². The monoisotopic (exact) mass is 318 g/mol. The van der Waals surface area contributed by atoms with Gasteiger partial charge in [-0.3, -0.25) is 0 Å². The molecule has 118 valence electrons. The number of aliphatic hydroxyl groups excluding tert-OH is 1. The van der Waals surface area contributed by atoms with Crippen molar-refractivity contribution in [3.8, 4) is 11.5 Å². The van der Waals surface area contributed by atoms with E-state index in [-0.39, 0.29) is 0 Å². The van der Waals surface area contributed by atoms with Crippen LogP contribution in [0.15, 0.2) is 54.6 Å². The normalized spacial score (nSPS) is 11.9. The minimum atomic E-state index is -0.395. The molecule has 2 rings (SSSR count). The van der Waals surface area contributed by atoms with Crippen LogP contribution < -0.4 is 9.47 Å². The fraction of sp³-hybridized carbons (Fsp3) is 0.333. The van der Waals surface area contributed by atoms with Crippen molar-refractivity contribution in [2.45, 2.75) is 12.5 Å². The second-order valence-electron chi connectivity index (χ2n) is 4.88. The van der Waals surface area contributed by atoms with E-state index in [1.54, 1.807) is 18.9 Å². The van der Waals surface area contributed by atoms with Crippen molar-refractivity contribution >= 4 is 11.8 Å². The molecular formula is C18H22O3S. The third-order valence-corrected chi connectivity index (χ3v) is 4.35. The highest BCUT2D eigenvalue weighted by molar-refractivity contribution is 7.99. The molecule has 0 amide bonds. The Hall–Kier alpha value is -1.65. The molecule has 1 atom stereocenters. The summed E-state index contributed by atoms with van der Waals surface area (Å²) in [4.78, 5) is 0. The van der Waals surface area contributed by atoms with E-state index in [4.69, 9.17) is 9.47 Å². The first-order valence-electron chi connectivity index (χ1n) is 7.37. The average Bonchev–Trinajstić information content (AvgIpc) is 2.59. The zero-order valence-electron chi connectivity index (χ0n) is 12.8. The number of rotatable bonds is 9. The molecular weight excluding hydrogens is 296 g/mol. The van der Waals surface area contributed by atoms with Crippen LogP contribution in [0.25, 0.3) is 0 Å². The zero-order valence-corrected chi connectivity index (χ0v) is 13.6. The van der Waals surface area contributed by atoms with E-state index in [2.05, 4.69) is 0 Å². The van der Waals surface area contributed by atoms with Crippen molar-refractivity contribution in [2.75, 3.05) is 25.2 Å². The quantitative estimate of drug-likeness (QED) is 0.711. The van der Waals surface area contributed by atoms with Crippen molar-refractivity contribution < 1.29 is 14.6 Å². The molecule has 0 heterocycles. The molecule has 0 bridgehead atoms. The molecule has 2 aromatic rings. The molecule has 0 aliphatic carbocycles. The molecule has 4 heteroatoms. The smallest absolute Gasteiger partial charge is 0.119 e. The van der Waals surface area contributed by atoms with Gasteiger partial charge in [0.2, 0.25) is 0 Å². The van der Waals surface area contributed by atoms with Crippen LogP contribution in [0.3, 0.4) is 0 Å². The van der Waals surface area contributed by atoms with Gasteiger partial charge in [0.1, 0.15) is 11.5 Å². The SMILES string of the molecule is COc1ccc(OCCCSCC(O)c2ccccc2)cc1. The first kappa shape index (κ1) is 16.7. The van der Waals surface area contributed by atoms with Crippen molar-refractivity contribution in [3.05, 3.63) is 60.2 Å². The topological polar surface area (TPSA) is 38.7 Å². The minimum absolute atomic E-state index is 0.395. The van der Waals surface area contributed by atoms with Gasteiger partial charge in [0, 0.05) is 5.75 Å². The lowest BCUT2D eigenvalue weighted by Crippen LogP contribution is -2.03. The lowest BCUT2D eigenvalue weighted by atomic mass is 10.1. The maximum absolute atomic E-state index is 10.0. The van der Waals surface area contributed by atoms with E-state index in [1.165, 1.54) is 0 Å². The number of thioether (sulfide) groups is 1. The third kappa shape index (κ3) is 5.62. The van der Waals surface area contributed by atoms with E-state index in [0.717, 1.165) is 29.2 Å². The summed E-state index contributed by atoms with van der Waals surface area (Å²) < 4.78 is 10.8. The van der Waals surface area contributed by atoms with Gasteiger partial charge >= 0.3 is 0 Å². The Morgan fingerprint density at radius 2 is 1.68 bits per heavy atom. The van der Waals surface area contributed by atoms with Gasteiger partial charge in [0.25, 0.3) is 0 Å². The van der Waals surface area contributed by atoms with Crippen LogP contribution in [-0.2, 0) is 0 Å². The molecule has 2 aromatic carbocycles. The first-order valence-corrected chi connectivity index (χ1v) is 8.52. The van der Waals surface area contributed by atoms with Gasteiger partial charge in [-0.05, 0) is 42.0 Å². The van der Waals surface area contributed by atoms with E-state index in [1.807, 2.05) is 54.6 Å². The van der Waals surface area contributed by atoms with Crippen LogP contribution in [0.2, 0.25) is 0 Å². The first-order chi connectivity index (χ1) is 10.8. The van der Waals surface area contributed by atoms with E-state index >= 15 is 0 Å². The number of ether oxygens (including phenoxy) is 2. The number of benzene rings is 2. The Morgan fingerprint density at radius 1 is 1.00 bits per heavy atom. The third-order valence-electron chi connectivity index (χ3n) is 3.22. The second-order valence-corrected chi connectivity index (χ2v) is 6.03. The molecule has 0 aliphatic heterocycles. The molecule has 0 spiro atoms. The van der Waals surface area contributed by atoms with Gasteiger partial charge in [-0.2, -0.15) is 11.8 Å². The predicted molar refractivity (Wildman–Crippen MR) is 91.8 cm³/mol. The summed E-state index contributed by atoms with van der Waals surface area (Å²) in [7, 11) is 1.65. The summed E-state index contributed by atoms with van der Waals surface area (Å²) in [6, 6.07) is 17.4. The molecule has 0 saturated heterocycles. The molecule has 3 nitrogen and oxygen atoms in total. The van der Waals surface area contributed by atoms with Gasteiger partial charge in [0.15, 0.2) is 0 Å². The molecule has 1 N–H and O–H groups in total. The van der Waals surface area contributed by atoms with Gasteiger partial charge < -0.3 is 14.6 Å². The fourth-order valence-corrected chi connectivity index (χ4v) is 2.89. The average molecular weight is 318 g/mol. The Balaban J connectivity index is 1.57. The summed E-state index contributed by atoms with van der Waals surface area (Å²) in [5.74, 6) is 3.37. The van der Waals surface area contributed by atoms with Crippen LogP contribution in [0.4, 0.5) is 0 Å². The highest BCUT2D eigenvalue weighted by Crippen LogP contribution is 2.19. The molecule has 0 saturated carbocycles. The number of methoxy groups -OCH3 is 1. The maximum atomic E-state index is 10.0. The summed E-state index contributed by atoms with van der Waals surface area (Å²) in [5.41, 5.74) is 0.976. The van der Waals surface area contributed by atoms with Gasteiger partial charge in [-0.25, -0.2) is 0 Å². The van der Waals surface area contributed by atoms with Crippen LogP contribution in [-0.4, -0.2) is 30.3 Å².